The van der Waals surface area contributed by atoms with Crippen molar-refractivity contribution in [1.29, 1.82) is 5.26 Å². The van der Waals surface area contributed by atoms with Gasteiger partial charge in [-0.1, -0.05) is 0 Å². The molecular formula is C13H19N3O2. The summed E-state index contributed by atoms with van der Waals surface area (Å²) in [5.74, 6) is 1.64. The van der Waals surface area contributed by atoms with Gasteiger partial charge in [-0.15, -0.1) is 0 Å². The second-order valence-corrected chi connectivity index (χ2v) is 4.23. The summed E-state index contributed by atoms with van der Waals surface area (Å²) in [5, 5.41) is 14.1. The first kappa shape index (κ1) is 14.3. The summed E-state index contributed by atoms with van der Waals surface area (Å²) in [6, 6.07) is 4.01. The van der Waals surface area contributed by atoms with Crippen molar-refractivity contribution in [3.05, 3.63) is 23.2 Å². The van der Waals surface area contributed by atoms with Gasteiger partial charge in [-0.25, -0.2) is 0 Å². The number of carbonyl (C=O) groups is 1. The standard InChI is InChI=1S/C13H19N3O2/c1-9-7-12(11(3)18-9)10(2)16-8-13(17)15-6-4-5-14/h7,10,16H,4,6,8H2,1-3H3,(H,15,17). The Bertz CT molecular complexity index is 446. The van der Waals surface area contributed by atoms with Gasteiger partial charge in [-0.3, -0.25) is 4.79 Å². The molecule has 18 heavy (non-hydrogen) atoms. The fourth-order valence-corrected chi connectivity index (χ4v) is 1.76. The molecule has 1 amide bonds. The van der Waals surface area contributed by atoms with Crippen molar-refractivity contribution in [3.8, 4) is 6.07 Å². The molecule has 1 rings (SSSR count). The van der Waals surface area contributed by atoms with Gasteiger partial charge in [0.05, 0.1) is 19.0 Å². The predicted molar refractivity (Wildman–Crippen MR) is 67.8 cm³/mol. The Kier molecular flexibility index (Phi) is 5.40. The third-order valence-corrected chi connectivity index (χ3v) is 2.67. The smallest absolute Gasteiger partial charge is 0.234 e. The summed E-state index contributed by atoms with van der Waals surface area (Å²) >= 11 is 0. The molecule has 2 N–H and O–H groups in total. The van der Waals surface area contributed by atoms with Gasteiger partial charge in [0, 0.05) is 18.2 Å². The van der Waals surface area contributed by atoms with E-state index in [0.717, 1.165) is 17.1 Å². The lowest BCUT2D eigenvalue weighted by Crippen LogP contribution is -2.35. The van der Waals surface area contributed by atoms with Crippen LogP contribution in [0, 0.1) is 25.2 Å². The molecule has 98 valence electrons. The van der Waals surface area contributed by atoms with Crippen LogP contribution in [0.4, 0.5) is 0 Å². The Labute approximate surface area is 107 Å². The van der Waals surface area contributed by atoms with Gasteiger partial charge in [0.25, 0.3) is 0 Å². The number of hydrogen-bond donors (Lipinski definition) is 2. The van der Waals surface area contributed by atoms with Crippen LogP contribution in [-0.2, 0) is 4.79 Å². The van der Waals surface area contributed by atoms with Crippen molar-refractivity contribution in [2.75, 3.05) is 13.1 Å². The van der Waals surface area contributed by atoms with Gasteiger partial charge in [-0.05, 0) is 26.8 Å². The summed E-state index contributed by atoms with van der Waals surface area (Å²) in [5.41, 5.74) is 1.07. The normalized spacial score (nSPS) is 11.9. The topological polar surface area (TPSA) is 78.1 Å². The highest BCUT2D eigenvalue weighted by atomic mass is 16.3. The van der Waals surface area contributed by atoms with E-state index in [9.17, 15) is 4.79 Å². The van der Waals surface area contributed by atoms with E-state index in [4.69, 9.17) is 9.68 Å². The molecule has 1 atom stereocenters. The largest absolute Gasteiger partial charge is 0.466 e. The van der Waals surface area contributed by atoms with E-state index in [-0.39, 0.29) is 18.5 Å². The fourth-order valence-electron chi connectivity index (χ4n) is 1.76. The molecule has 1 heterocycles. The molecule has 0 aliphatic heterocycles. The quantitative estimate of drug-likeness (QED) is 0.750. The zero-order valence-corrected chi connectivity index (χ0v) is 11.0. The lowest BCUT2D eigenvalue weighted by atomic mass is 10.1. The summed E-state index contributed by atoms with van der Waals surface area (Å²) in [7, 11) is 0. The number of rotatable bonds is 6. The number of nitriles is 1. The summed E-state index contributed by atoms with van der Waals surface area (Å²) in [4.78, 5) is 11.4. The molecule has 0 saturated heterocycles. The highest BCUT2D eigenvalue weighted by molar-refractivity contribution is 5.78. The number of amides is 1. The molecule has 1 unspecified atom stereocenters. The fraction of sp³-hybridized carbons (Fsp3) is 0.538. The second kappa shape index (κ2) is 6.82. The summed E-state index contributed by atoms with van der Waals surface area (Å²) in [6.45, 7) is 6.43. The van der Waals surface area contributed by atoms with E-state index in [1.165, 1.54) is 0 Å². The molecule has 0 aliphatic rings. The van der Waals surface area contributed by atoms with Crippen LogP contribution in [0.1, 0.15) is 36.5 Å². The minimum atomic E-state index is -0.102. The first-order valence-corrected chi connectivity index (χ1v) is 5.98. The average molecular weight is 249 g/mol. The number of nitrogens with zero attached hydrogens (tertiary/aromatic N) is 1. The highest BCUT2D eigenvalue weighted by Gasteiger charge is 2.13. The van der Waals surface area contributed by atoms with E-state index < -0.39 is 0 Å². The lowest BCUT2D eigenvalue weighted by molar-refractivity contribution is -0.120. The van der Waals surface area contributed by atoms with Gasteiger partial charge in [-0.2, -0.15) is 5.26 Å². The molecule has 5 heteroatoms. The maximum Gasteiger partial charge on any atom is 0.234 e. The molecule has 5 nitrogen and oxygen atoms in total. The first-order chi connectivity index (χ1) is 8.54. The zero-order valence-electron chi connectivity index (χ0n) is 11.0. The van der Waals surface area contributed by atoms with Gasteiger partial charge in [0.2, 0.25) is 5.91 Å². The van der Waals surface area contributed by atoms with E-state index in [1.54, 1.807) is 0 Å². The van der Waals surface area contributed by atoms with Crippen LogP contribution in [-0.4, -0.2) is 19.0 Å². The zero-order chi connectivity index (χ0) is 13.5. The summed E-state index contributed by atoms with van der Waals surface area (Å²) < 4.78 is 5.45. The second-order valence-electron chi connectivity index (χ2n) is 4.23. The van der Waals surface area contributed by atoms with E-state index in [1.807, 2.05) is 32.9 Å². The number of aryl methyl sites for hydroxylation is 2. The van der Waals surface area contributed by atoms with Gasteiger partial charge in [0.1, 0.15) is 11.5 Å². The highest BCUT2D eigenvalue weighted by Crippen LogP contribution is 2.20. The Morgan fingerprint density at radius 3 is 2.83 bits per heavy atom. The van der Waals surface area contributed by atoms with Crippen molar-refractivity contribution >= 4 is 5.91 Å². The molecule has 1 aromatic heterocycles. The van der Waals surface area contributed by atoms with Crippen LogP contribution in [0.15, 0.2) is 10.5 Å². The maximum absolute atomic E-state index is 11.4. The van der Waals surface area contributed by atoms with E-state index in [0.29, 0.717) is 13.0 Å². The predicted octanol–water partition coefficient (Wildman–Crippen LogP) is 1.58. The molecule has 0 fully saturated rings. The lowest BCUT2D eigenvalue weighted by Gasteiger charge is -2.12. The van der Waals surface area contributed by atoms with Crippen molar-refractivity contribution in [1.82, 2.24) is 10.6 Å². The number of carbonyl (C=O) groups excluding carboxylic acids is 1. The average Bonchev–Trinajstić information content (AvgIpc) is 2.66. The SMILES string of the molecule is Cc1cc(C(C)NCC(=O)NCCC#N)c(C)o1. The molecular weight excluding hydrogens is 230 g/mol. The monoisotopic (exact) mass is 249 g/mol. The van der Waals surface area contributed by atoms with Crippen LogP contribution in [0.5, 0.6) is 0 Å². The van der Waals surface area contributed by atoms with E-state index >= 15 is 0 Å². The number of furan rings is 1. The van der Waals surface area contributed by atoms with Crippen LogP contribution in [0.25, 0.3) is 0 Å². The van der Waals surface area contributed by atoms with Crippen LogP contribution in [0.3, 0.4) is 0 Å². The molecule has 0 spiro atoms. The Morgan fingerprint density at radius 1 is 1.56 bits per heavy atom. The van der Waals surface area contributed by atoms with Crippen LogP contribution < -0.4 is 10.6 Å². The molecule has 0 aliphatic carbocycles. The molecule has 0 aromatic carbocycles. The minimum Gasteiger partial charge on any atom is -0.466 e. The van der Waals surface area contributed by atoms with Crippen molar-refractivity contribution in [2.45, 2.75) is 33.2 Å². The maximum atomic E-state index is 11.4. The van der Waals surface area contributed by atoms with Crippen molar-refractivity contribution < 1.29 is 9.21 Å². The third kappa shape index (κ3) is 4.22. The number of hydrogen-bond acceptors (Lipinski definition) is 4. The Balaban J connectivity index is 2.37. The van der Waals surface area contributed by atoms with Crippen molar-refractivity contribution in [3.63, 3.8) is 0 Å². The molecule has 1 aromatic rings. The van der Waals surface area contributed by atoms with Crippen LogP contribution >= 0.6 is 0 Å². The van der Waals surface area contributed by atoms with E-state index in [2.05, 4.69) is 10.6 Å². The van der Waals surface area contributed by atoms with Crippen LogP contribution in [0.2, 0.25) is 0 Å². The molecule has 0 radical (unpaired) electrons. The molecule has 0 bridgehead atoms. The van der Waals surface area contributed by atoms with Gasteiger partial charge in [0.15, 0.2) is 0 Å². The summed E-state index contributed by atoms with van der Waals surface area (Å²) in [6.07, 6.45) is 0.335. The molecule has 0 saturated carbocycles. The Hall–Kier alpha value is -1.80. The van der Waals surface area contributed by atoms with Gasteiger partial charge >= 0.3 is 0 Å². The first-order valence-electron chi connectivity index (χ1n) is 5.98. The van der Waals surface area contributed by atoms with Gasteiger partial charge < -0.3 is 15.1 Å². The third-order valence-electron chi connectivity index (χ3n) is 2.67. The Morgan fingerprint density at radius 2 is 2.28 bits per heavy atom. The number of nitrogens with one attached hydrogen (secondary N) is 2. The minimum absolute atomic E-state index is 0.0594. The van der Waals surface area contributed by atoms with Crippen molar-refractivity contribution in [2.24, 2.45) is 0 Å².